The number of hydrogen-bond donors (Lipinski definition) is 1. The monoisotopic (exact) mass is 246 g/mol. The summed E-state index contributed by atoms with van der Waals surface area (Å²) in [4.78, 5) is 4.63. The quantitative estimate of drug-likeness (QED) is 0.842. The van der Waals surface area contributed by atoms with E-state index in [2.05, 4.69) is 23.9 Å². The Morgan fingerprint density at radius 2 is 2.12 bits per heavy atom. The molecule has 0 aliphatic rings. The van der Waals surface area contributed by atoms with Gasteiger partial charge in [0, 0.05) is 18.0 Å². The Bertz CT molecular complexity index is 528. The summed E-state index contributed by atoms with van der Waals surface area (Å²) in [6.45, 7) is 4.21. The van der Waals surface area contributed by atoms with E-state index in [1.807, 2.05) is 24.4 Å². The molecule has 0 bridgehead atoms. The molecule has 0 spiro atoms. The Balaban J connectivity index is 2.30. The van der Waals surface area contributed by atoms with Crippen molar-refractivity contribution < 1.29 is 0 Å². The van der Waals surface area contributed by atoms with Crippen LogP contribution in [-0.4, -0.2) is 19.8 Å². The molecule has 2 aromatic rings. The van der Waals surface area contributed by atoms with Gasteiger partial charge >= 0.3 is 0 Å². The third kappa shape index (κ3) is 2.50. The smallest absolute Gasteiger partial charge is 0.153 e. The molecule has 0 saturated heterocycles. The van der Waals surface area contributed by atoms with E-state index in [1.54, 1.807) is 10.9 Å². The van der Waals surface area contributed by atoms with Crippen LogP contribution in [0.3, 0.4) is 0 Å². The average Bonchev–Trinajstić information content (AvgIpc) is 2.78. The Morgan fingerprint density at radius 3 is 2.59 bits per heavy atom. The van der Waals surface area contributed by atoms with Gasteiger partial charge in [0.1, 0.15) is 4.99 Å². The van der Waals surface area contributed by atoms with Crippen LogP contribution in [-0.2, 0) is 0 Å². The summed E-state index contributed by atoms with van der Waals surface area (Å²) < 4.78 is 1.75. The van der Waals surface area contributed by atoms with Crippen LogP contribution >= 0.6 is 12.2 Å². The van der Waals surface area contributed by atoms with E-state index in [0.717, 1.165) is 17.1 Å². The van der Waals surface area contributed by atoms with Crippen LogP contribution in [0.1, 0.15) is 31.0 Å². The number of hydrogen-bond acceptors (Lipinski definition) is 3. The highest BCUT2D eigenvalue weighted by Gasteiger charge is 2.05. The summed E-state index contributed by atoms with van der Waals surface area (Å²) in [5, 5.41) is 4.44. The lowest BCUT2D eigenvalue weighted by Gasteiger charge is -2.02. The number of pyridine rings is 1. The standard InChI is InChI=1S/C12H14N4S/c1-8(2)10-5-6-16(15-10)11-4-3-9(7-14-11)12(13)17/h3-8H,1-2H3,(H2,13,17). The van der Waals surface area contributed by atoms with Crippen LogP contribution in [0, 0.1) is 0 Å². The van der Waals surface area contributed by atoms with E-state index in [-0.39, 0.29) is 0 Å². The normalized spacial score (nSPS) is 10.8. The number of nitrogens with zero attached hydrogens (tertiary/aromatic N) is 3. The predicted octanol–water partition coefficient (Wildman–Crippen LogP) is 2.02. The SMILES string of the molecule is CC(C)c1ccn(-c2ccc(C(N)=S)cn2)n1. The topological polar surface area (TPSA) is 56.7 Å². The fourth-order valence-electron chi connectivity index (χ4n) is 1.44. The first kappa shape index (κ1) is 11.7. The van der Waals surface area contributed by atoms with Gasteiger partial charge in [0.2, 0.25) is 0 Å². The minimum absolute atomic E-state index is 0.354. The Labute approximate surface area is 105 Å². The molecular formula is C12H14N4S. The molecule has 2 aromatic heterocycles. The van der Waals surface area contributed by atoms with Crippen molar-refractivity contribution in [1.29, 1.82) is 0 Å². The highest BCUT2D eigenvalue weighted by Crippen LogP contribution is 2.13. The molecule has 2 heterocycles. The number of nitrogens with two attached hydrogens (primary N) is 1. The lowest BCUT2D eigenvalue weighted by molar-refractivity contribution is 0.758. The second-order valence-electron chi connectivity index (χ2n) is 4.11. The summed E-state index contributed by atoms with van der Waals surface area (Å²) in [7, 11) is 0. The van der Waals surface area contributed by atoms with Gasteiger partial charge in [0.15, 0.2) is 5.82 Å². The van der Waals surface area contributed by atoms with E-state index in [9.17, 15) is 0 Å². The second-order valence-corrected chi connectivity index (χ2v) is 4.55. The van der Waals surface area contributed by atoms with Crippen molar-refractivity contribution in [1.82, 2.24) is 14.8 Å². The highest BCUT2D eigenvalue weighted by atomic mass is 32.1. The zero-order chi connectivity index (χ0) is 12.4. The maximum atomic E-state index is 5.52. The highest BCUT2D eigenvalue weighted by molar-refractivity contribution is 7.80. The molecule has 88 valence electrons. The van der Waals surface area contributed by atoms with Gasteiger partial charge in [-0.1, -0.05) is 26.1 Å². The van der Waals surface area contributed by atoms with Crippen molar-refractivity contribution in [2.24, 2.45) is 5.73 Å². The average molecular weight is 246 g/mol. The van der Waals surface area contributed by atoms with Gasteiger partial charge in [0.25, 0.3) is 0 Å². The molecule has 0 radical (unpaired) electrons. The maximum Gasteiger partial charge on any atom is 0.153 e. The molecular weight excluding hydrogens is 232 g/mol. The summed E-state index contributed by atoms with van der Waals surface area (Å²) in [6.07, 6.45) is 3.56. The summed E-state index contributed by atoms with van der Waals surface area (Å²) in [5.41, 5.74) is 7.33. The third-order valence-corrected chi connectivity index (χ3v) is 2.70. The molecule has 2 rings (SSSR count). The van der Waals surface area contributed by atoms with Gasteiger partial charge < -0.3 is 5.73 Å². The van der Waals surface area contributed by atoms with E-state index >= 15 is 0 Å². The maximum absolute atomic E-state index is 5.52. The fourth-order valence-corrected chi connectivity index (χ4v) is 1.56. The zero-order valence-corrected chi connectivity index (χ0v) is 10.6. The molecule has 0 aromatic carbocycles. The van der Waals surface area contributed by atoms with Crippen LogP contribution in [0.2, 0.25) is 0 Å². The number of thiocarbonyl (C=S) groups is 1. The summed E-state index contributed by atoms with van der Waals surface area (Å²) >= 11 is 4.88. The lowest BCUT2D eigenvalue weighted by atomic mass is 10.1. The number of aromatic nitrogens is 3. The fraction of sp³-hybridized carbons (Fsp3) is 0.250. The second kappa shape index (κ2) is 4.63. The first-order valence-corrected chi connectivity index (χ1v) is 5.80. The zero-order valence-electron chi connectivity index (χ0n) is 9.79. The van der Waals surface area contributed by atoms with E-state index in [0.29, 0.717) is 10.9 Å². The third-order valence-electron chi connectivity index (χ3n) is 2.47. The van der Waals surface area contributed by atoms with E-state index < -0.39 is 0 Å². The van der Waals surface area contributed by atoms with Crippen molar-refractivity contribution in [2.45, 2.75) is 19.8 Å². The van der Waals surface area contributed by atoms with Gasteiger partial charge in [-0.15, -0.1) is 0 Å². The molecule has 4 nitrogen and oxygen atoms in total. The molecule has 17 heavy (non-hydrogen) atoms. The number of rotatable bonds is 3. The van der Waals surface area contributed by atoms with Gasteiger partial charge in [0.05, 0.1) is 5.69 Å². The van der Waals surface area contributed by atoms with Crippen molar-refractivity contribution >= 4 is 17.2 Å². The molecule has 0 atom stereocenters. The van der Waals surface area contributed by atoms with Crippen LogP contribution in [0.25, 0.3) is 5.82 Å². The Morgan fingerprint density at radius 1 is 1.35 bits per heavy atom. The van der Waals surface area contributed by atoms with Crippen LogP contribution in [0.4, 0.5) is 0 Å². The van der Waals surface area contributed by atoms with Crippen molar-refractivity contribution in [2.75, 3.05) is 0 Å². The molecule has 2 N–H and O–H groups in total. The molecule has 0 fully saturated rings. The van der Waals surface area contributed by atoms with Crippen molar-refractivity contribution in [3.05, 3.63) is 41.9 Å². The lowest BCUT2D eigenvalue weighted by Crippen LogP contribution is -2.10. The van der Waals surface area contributed by atoms with Crippen LogP contribution in [0.5, 0.6) is 0 Å². The van der Waals surface area contributed by atoms with Gasteiger partial charge in [-0.25, -0.2) is 9.67 Å². The minimum Gasteiger partial charge on any atom is -0.389 e. The van der Waals surface area contributed by atoms with Gasteiger partial charge in [-0.05, 0) is 24.1 Å². The predicted molar refractivity (Wildman–Crippen MR) is 71.3 cm³/mol. The summed E-state index contributed by atoms with van der Waals surface area (Å²) in [6, 6.07) is 5.70. The van der Waals surface area contributed by atoms with Gasteiger partial charge in [-0.2, -0.15) is 5.10 Å². The van der Waals surface area contributed by atoms with Crippen molar-refractivity contribution in [3.8, 4) is 5.82 Å². The van der Waals surface area contributed by atoms with Gasteiger partial charge in [-0.3, -0.25) is 0 Å². The Hall–Kier alpha value is -1.75. The molecule has 0 unspecified atom stereocenters. The molecule has 5 heteroatoms. The molecule has 0 aliphatic heterocycles. The summed E-state index contributed by atoms with van der Waals surface area (Å²) in [5.74, 6) is 1.17. The van der Waals surface area contributed by atoms with Crippen molar-refractivity contribution in [3.63, 3.8) is 0 Å². The largest absolute Gasteiger partial charge is 0.389 e. The van der Waals surface area contributed by atoms with E-state index in [4.69, 9.17) is 18.0 Å². The minimum atomic E-state index is 0.354. The molecule has 0 saturated carbocycles. The Kier molecular flexibility index (Phi) is 3.19. The molecule has 0 amide bonds. The van der Waals surface area contributed by atoms with E-state index in [1.165, 1.54) is 0 Å². The first-order chi connectivity index (χ1) is 8.08. The first-order valence-electron chi connectivity index (χ1n) is 5.39. The molecule has 0 aliphatic carbocycles. The van der Waals surface area contributed by atoms with Crippen LogP contribution < -0.4 is 5.73 Å². The van der Waals surface area contributed by atoms with Crippen LogP contribution in [0.15, 0.2) is 30.6 Å².